The van der Waals surface area contributed by atoms with Crippen molar-refractivity contribution in [1.29, 1.82) is 0 Å². The van der Waals surface area contributed by atoms with Gasteiger partial charge in [0.1, 0.15) is 0 Å². The first-order chi connectivity index (χ1) is 10.4. The lowest BCUT2D eigenvalue weighted by Crippen LogP contribution is -2.27. The number of hydrogen-bond donors (Lipinski definition) is 2. The molecule has 2 rings (SSSR count). The summed E-state index contributed by atoms with van der Waals surface area (Å²) in [5, 5.41) is 14.1. The molecule has 1 saturated heterocycles. The molecule has 1 fully saturated rings. The first kappa shape index (κ1) is 19.8. The Hall–Kier alpha value is -1.22. The van der Waals surface area contributed by atoms with E-state index in [2.05, 4.69) is 10.0 Å². The maximum Gasteiger partial charge on any atom is 0.270 e. The second kappa shape index (κ2) is 8.58. The molecular weight excluding hydrogens is 342 g/mol. The van der Waals surface area contributed by atoms with Crippen LogP contribution in [-0.4, -0.2) is 33.0 Å². The first-order valence-electron chi connectivity index (χ1n) is 7.41. The van der Waals surface area contributed by atoms with Crippen LogP contribution in [0.4, 0.5) is 5.69 Å². The van der Waals surface area contributed by atoms with Crippen molar-refractivity contribution in [3.63, 3.8) is 0 Å². The largest absolute Gasteiger partial charge is 0.316 e. The molecule has 1 aromatic carbocycles. The molecule has 0 amide bonds. The zero-order valence-electron chi connectivity index (χ0n) is 12.9. The summed E-state index contributed by atoms with van der Waals surface area (Å²) >= 11 is 0. The molecule has 0 saturated carbocycles. The monoisotopic (exact) mass is 363 g/mol. The number of nitro benzene ring substituents is 1. The van der Waals surface area contributed by atoms with Gasteiger partial charge in [-0.2, -0.15) is 0 Å². The fourth-order valence-corrected chi connectivity index (χ4v) is 4.01. The van der Waals surface area contributed by atoms with Gasteiger partial charge in [-0.25, -0.2) is 13.1 Å². The Labute approximate surface area is 142 Å². The van der Waals surface area contributed by atoms with Crippen molar-refractivity contribution in [2.45, 2.75) is 31.1 Å². The molecule has 2 N–H and O–H groups in total. The second-order valence-corrected chi connectivity index (χ2v) is 7.18. The average molecular weight is 364 g/mol. The van der Waals surface area contributed by atoms with Gasteiger partial charge in [-0.1, -0.05) is 13.0 Å². The summed E-state index contributed by atoms with van der Waals surface area (Å²) in [6, 6.07) is 3.98. The fraction of sp³-hybridized carbons (Fsp3) is 0.571. The van der Waals surface area contributed by atoms with Gasteiger partial charge in [0.2, 0.25) is 10.0 Å². The maximum atomic E-state index is 12.4. The van der Waals surface area contributed by atoms with E-state index in [4.69, 9.17) is 0 Å². The summed E-state index contributed by atoms with van der Waals surface area (Å²) in [6.45, 7) is 4.06. The SMILES string of the molecule is CCc1ccc([N+](=O)[O-])cc1S(=O)(=O)NCCC1CCNC1.Cl. The lowest BCUT2D eigenvalue weighted by atomic mass is 10.1. The highest BCUT2D eigenvalue weighted by molar-refractivity contribution is 7.89. The second-order valence-electron chi connectivity index (χ2n) is 5.45. The lowest BCUT2D eigenvalue weighted by Gasteiger charge is -2.12. The number of hydrogen-bond acceptors (Lipinski definition) is 5. The highest BCUT2D eigenvalue weighted by atomic mass is 35.5. The number of nitro groups is 1. The molecule has 130 valence electrons. The lowest BCUT2D eigenvalue weighted by molar-refractivity contribution is -0.385. The van der Waals surface area contributed by atoms with Crippen LogP contribution in [0.5, 0.6) is 0 Å². The molecule has 0 aromatic heterocycles. The van der Waals surface area contributed by atoms with Crippen LogP contribution in [0.15, 0.2) is 23.1 Å². The van der Waals surface area contributed by atoms with Crippen molar-refractivity contribution < 1.29 is 13.3 Å². The molecule has 0 bridgehead atoms. The molecule has 1 heterocycles. The quantitative estimate of drug-likeness (QED) is 0.568. The molecule has 1 aromatic rings. The zero-order valence-corrected chi connectivity index (χ0v) is 14.6. The minimum atomic E-state index is -3.73. The van der Waals surface area contributed by atoms with Crippen LogP contribution < -0.4 is 10.0 Å². The van der Waals surface area contributed by atoms with Crippen molar-refractivity contribution in [3.8, 4) is 0 Å². The van der Waals surface area contributed by atoms with Gasteiger partial charge in [-0.15, -0.1) is 12.4 Å². The third-order valence-electron chi connectivity index (χ3n) is 3.94. The van der Waals surface area contributed by atoms with Gasteiger partial charge in [0.15, 0.2) is 0 Å². The van der Waals surface area contributed by atoms with Gasteiger partial charge < -0.3 is 5.32 Å². The van der Waals surface area contributed by atoms with Crippen molar-refractivity contribution in [2.75, 3.05) is 19.6 Å². The van der Waals surface area contributed by atoms with Crippen molar-refractivity contribution >= 4 is 28.1 Å². The molecule has 7 nitrogen and oxygen atoms in total. The topological polar surface area (TPSA) is 101 Å². The molecule has 1 aliphatic heterocycles. The molecule has 0 spiro atoms. The third kappa shape index (κ3) is 5.13. The predicted molar refractivity (Wildman–Crippen MR) is 90.5 cm³/mol. The van der Waals surface area contributed by atoms with Crippen LogP contribution >= 0.6 is 12.4 Å². The normalized spacial score (nSPS) is 17.7. The van der Waals surface area contributed by atoms with Gasteiger partial charge in [-0.3, -0.25) is 10.1 Å². The molecular formula is C14H22ClN3O4S. The number of aryl methyl sites for hydroxylation is 1. The van der Waals surface area contributed by atoms with E-state index < -0.39 is 14.9 Å². The van der Waals surface area contributed by atoms with Gasteiger partial charge in [0.25, 0.3) is 5.69 Å². The molecule has 1 atom stereocenters. The average Bonchev–Trinajstić information content (AvgIpc) is 2.99. The van der Waals surface area contributed by atoms with Crippen molar-refractivity contribution in [3.05, 3.63) is 33.9 Å². The summed E-state index contributed by atoms with van der Waals surface area (Å²) in [5.74, 6) is 0.485. The minimum absolute atomic E-state index is 0. The number of nitrogens with one attached hydrogen (secondary N) is 2. The van der Waals surface area contributed by atoms with E-state index in [-0.39, 0.29) is 23.0 Å². The van der Waals surface area contributed by atoms with Crippen LogP contribution in [0.1, 0.15) is 25.3 Å². The van der Waals surface area contributed by atoms with E-state index in [0.29, 0.717) is 24.4 Å². The van der Waals surface area contributed by atoms with E-state index in [0.717, 1.165) is 32.0 Å². The van der Waals surface area contributed by atoms with Gasteiger partial charge in [0, 0.05) is 18.7 Å². The smallest absolute Gasteiger partial charge is 0.270 e. The predicted octanol–water partition coefficient (Wildman–Crippen LogP) is 1.86. The Kier molecular flexibility index (Phi) is 7.40. The van der Waals surface area contributed by atoms with E-state index in [1.165, 1.54) is 12.1 Å². The van der Waals surface area contributed by atoms with Crippen molar-refractivity contribution in [1.82, 2.24) is 10.0 Å². The van der Waals surface area contributed by atoms with Gasteiger partial charge in [0.05, 0.1) is 9.82 Å². The van der Waals surface area contributed by atoms with Crippen molar-refractivity contribution in [2.24, 2.45) is 5.92 Å². The van der Waals surface area contributed by atoms with Gasteiger partial charge in [-0.05, 0) is 43.8 Å². The molecule has 0 aliphatic carbocycles. The number of halogens is 1. The molecule has 23 heavy (non-hydrogen) atoms. The van der Waals surface area contributed by atoms with E-state index in [1.54, 1.807) is 0 Å². The number of nitrogens with zero attached hydrogens (tertiary/aromatic N) is 1. The van der Waals surface area contributed by atoms with Crippen LogP contribution in [0.3, 0.4) is 0 Å². The third-order valence-corrected chi connectivity index (χ3v) is 5.48. The van der Waals surface area contributed by atoms with E-state index in [9.17, 15) is 18.5 Å². The Balaban J connectivity index is 0.00000264. The standard InChI is InChI=1S/C14H21N3O4S.ClH/c1-2-12-3-4-13(17(18)19)9-14(12)22(20,21)16-8-6-11-5-7-15-10-11;/h3-4,9,11,15-16H,2,5-8,10H2,1H3;1H. The zero-order chi connectivity index (χ0) is 16.2. The van der Waals surface area contributed by atoms with E-state index in [1.807, 2.05) is 6.92 Å². The number of rotatable bonds is 7. The fourth-order valence-electron chi connectivity index (χ4n) is 2.64. The first-order valence-corrected chi connectivity index (χ1v) is 8.90. The summed E-state index contributed by atoms with van der Waals surface area (Å²) in [5.41, 5.74) is 0.373. The van der Waals surface area contributed by atoms with Crippen LogP contribution in [0, 0.1) is 16.0 Å². The van der Waals surface area contributed by atoms with Crippen LogP contribution in [0.2, 0.25) is 0 Å². The summed E-state index contributed by atoms with van der Waals surface area (Å²) in [6.07, 6.45) is 2.32. The Morgan fingerprint density at radius 2 is 2.17 bits per heavy atom. The van der Waals surface area contributed by atoms with E-state index >= 15 is 0 Å². The highest BCUT2D eigenvalue weighted by Crippen LogP contribution is 2.23. The maximum absolute atomic E-state index is 12.4. The minimum Gasteiger partial charge on any atom is -0.316 e. The summed E-state index contributed by atoms with van der Waals surface area (Å²) in [7, 11) is -3.73. The molecule has 9 heteroatoms. The number of benzene rings is 1. The molecule has 1 aliphatic rings. The molecule has 1 unspecified atom stereocenters. The number of sulfonamides is 1. The van der Waals surface area contributed by atoms with Crippen LogP contribution in [0.25, 0.3) is 0 Å². The summed E-state index contributed by atoms with van der Waals surface area (Å²) in [4.78, 5) is 10.3. The molecule has 0 radical (unpaired) electrons. The summed E-state index contributed by atoms with van der Waals surface area (Å²) < 4.78 is 27.4. The Morgan fingerprint density at radius 3 is 2.74 bits per heavy atom. The number of non-ortho nitro benzene ring substituents is 1. The Morgan fingerprint density at radius 1 is 1.43 bits per heavy atom. The highest BCUT2D eigenvalue weighted by Gasteiger charge is 2.22. The van der Waals surface area contributed by atoms with Gasteiger partial charge >= 0.3 is 0 Å². The Bertz CT molecular complexity index is 645. The van der Waals surface area contributed by atoms with Crippen LogP contribution in [-0.2, 0) is 16.4 Å².